The number of rotatable bonds is 12. The molecule has 0 atom stereocenters. The first-order valence-electron chi connectivity index (χ1n) is 13.5. The number of hydrogen-bond donors (Lipinski definition) is 2. The normalized spacial score (nSPS) is 14.2. The van der Waals surface area contributed by atoms with Crippen LogP contribution in [0.25, 0.3) is 0 Å². The minimum Gasteiger partial charge on any atom is -0.455 e. The molecule has 3 N–H and O–H groups in total. The Morgan fingerprint density at radius 3 is 2.32 bits per heavy atom. The van der Waals surface area contributed by atoms with Gasteiger partial charge in [-0.3, -0.25) is 19.2 Å². The van der Waals surface area contributed by atoms with Gasteiger partial charge in [0.05, 0.1) is 17.0 Å². The molecule has 3 aromatic carbocycles. The van der Waals surface area contributed by atoms with Crippen molar-refractivity contribution in [1.29, 1.82) is 0 Å². The third-order valence-electron chi connectivity index (χ3n) is 6.88. The van der Waals surface area contributed by atoms with E-state index in [9.17, 15) is 18.0 Å². The molecule has 1 heterocycles. The van der Waals surface area contributed by atoms with Crippen molar-refractivity contribution in [3.05, 3.63) is 83.9 Å². The molecule has 3 aromatic rings. The number of anilines is 1. The lowest BCUT2D eigenvalue weighted by Gasteiger charge is -2.35. The molecule has 4 rings (SSSR count). The number of primary amides is 1. The van der Waals surface area contributed by atoms with Crippen LogP contribution in [0, 0.1) is 0 Å². The SMILES string of the molecule is CN(C)CCCN1CCN(C(=O)Cc2cc(C(N)=O)ccc2S(=O)(=O)Nc2ccccc2Oc2ccccc2)CC1. The van der Waals surface area contributed by atoms with Crippen molar-refractivity contribution in [1.82, 2.24) is 14.7 Å². The zero-order valence-electron chi connectivity index (χ0n) is 23.5. The van der Waals surface area contributed by atoms with Crippen molar-refractivity contribution in [3.63, 3.8) is 0 Å². The molecule has 0 aromatic heterocycles. The first-order valence-corrected chi connectivity index (χ1v) is 15.0. The van der Waals surface area contributed by atoms with E-state index in [4.69, 9.17) is 10.5 Å². The highest BCUT2D eigenvalue weighted by Gasteiger charge is 2.26. The maximum Gasteiger partial charge on any atom is 0.262 e. The third kappa shape index (κ3) is 8.29. The van der Waals surface area contributed by atoms with Gasteiger partial charge in [0.2, 0.25) is 11.8 Å². The van der Waals surface area contributed by atoms with E-state index in [0.717, 1.165) is 32.6 Å². The Morgan fingerprint density at radius 1 is 0.951 bits per heavy atom. The third-order valence-corrected chi connectivity index (χ3v) is 8.35. The first-order chi connectivity index (χ1) is 19.6. The summed E-state index contributed by atoms with van der Waals surface area (Å²) in [5, 5.41) is 0. The number of hydrogen-bond acceptors (Lipinski definition) is 7. The Bertz CT molecular complexity index is 1460. The van der Waals surface area contributed by atoms with Gasteiger partial charge in [0.15, 0.2) is 5.75 Å². The number of nitrogens with one attached hydrogen (secondary N) is 1. The molecule has 11 heteroatoms. The molecule has 10 nitrogen and oxygen atoms in total. The molecule has 1 fully saturated rings. The van der Waals surface area contributed by atoms with Gasteiger partial charge in [-0.2, -0.15) is 0 Å². The van der Waals surface area contributed by atoms with Gasteiger partial charge in [-0.05, 0) is 81.6 Å². The Hall–Kier alpha value is -3.93. The summed E-state index contributed by atoms with van der Waals surface area (Å²) in [6.45, 7) is 4.59. The zero-order valence-corrected chi connectivity index (χ0v) is 24.3. The fourth-order valence-corrected chi connectivity index (χ4v) is 5.99. The Balaban J connectivity index is 1.51. The van der Waals surface area contributed by atoms with Crippen LogP contribution in [-0.4, -0.2) is 88.3 Å². The van der Waals surface area contributed by atoms with Crippen LogP contribution in [-0.2, 0) is 21.2 Å². The van der Waals surface area contributed by atoms with Crippen molar-refractivity contribution in [2.45, 2.75) is 17.7 Å². The summed E-state index contributed by atoms with van der Waals surface area (Å²) in [5.41, 5.74) is 6.05. The van der Waals surface area contributed by atoms with Crippen molar-refractivity contribution >= 4 is 27.5 Å². The summed E-state index contributed by atoms with van der Waals surface area (Å²) in [6, 6.07) is 19.8. The average molecular weight is 580 g/mol. The number of carbonyl (C=O) groups is 2. The molecule has 1 saturated heterocycles. The van der Waals surface area contributed by atoms with Crippen LogP contribution >= 0.6 is 0 Å². The number of amides is 2. The summed E-state index contributed by atoms with van der Waals surface area (Å²) in [4.78, 5) is 31.3. The van der Waals surface area contributed by atoms with Gasteiger partial charge in [0.25, 0.3) is 10.0 Å². The van der Waals surface area contributed by atoms with Gasteiger partial charge in [-0.15, -0.1) is 0 Å². The van der Waals surface area contributed by atoms with Gasteiger partial charge >= 0.3 is 0 Å². The molecule has 2 amide bonds. The van der Waals surface area contributed by atoms with Crippen LogP contribution in [0.4, 0.5) is 5.69 Å². The summed E-state index contributed by atoms with van der Waals surface area (Å²) in [5.74, 6) is -0.0430. The largest absolute Gasteiger partial charge is 0.455 e. The summed E-state index contributed by atoms with van der Waals surface area (Å²) in [7, 11) is -0.0753. The predicted molar refractivity (Wildman–Crippen MR) is 159 cm³/mol. The van der Waals surface area contributed by atoms with Crippen LogP contribution in [0.1, 0.15) is 22.3 Å². The van der Waals surface area contributed by atoms with E-state index < -0.39 is 15.9 Å². The van der Waals surface area contributed by atoms with E-state index in [0.29, 0.717) is 24.6 Å². The number of sulfonamides is 1. The van der Waals surface area contributed by atoms with E-state index in [1.165, 1.54) is 18.2 Å². The number of para-hydroxylation sites is 3. The van der Waals surface area contributed by atoms with E-state index in [-0.39, 0.29) is 34.0 Å². The average Bonchev–Trinajstić information content (AvgIpc) is 2.94. The maximum atomic E-state index is 13.6. The molecule has 0 aliphatic carbocycles. The van der Waals surface area contributed by atoms with E-state index in [2.05, 4.69) is 14.5 Å². The first kappa shape index (κ1) is 30.0. The lowest BCUT2D eigenvalue weighted by Crippen LogP contribution is -2.49. The zero-order chi connectivity index (χ0) is 29.4. The second kappa shape index (κ2) is 13.6. The smallest absolute Gasteiger partial charge is 0.262 e. The quantitative estimate of drug-likeness (QED) is 0.338. The molecule has 1 aliphatic heterocycles. The summed E-state index contributed by atoms with van der Waals surface area (Å²) >= 11 is 0. The summed E-state index contributed by atoms with van der Waals surface area (Å²) < 4.78 is 35.8. The number of carbonyl (C=O) groups excluding carboxylic acids is 2. The number of nitrogens with two attached hydrogens (primary N) is 1. The minimum atomic E-state index is -4.17. The molecular weight excluding hydrogens is 542 g/mol. The molecule has 0 bridgehead atoms. The van der Waals surface area contributed by atoms with Gasteiger partial charge in [-0.1, -0.05) is 30.3 Å². The monoisotopic (exact) mass is 579 g/mol. The highest BCUT2D eigenvalue weighted by atomic mass is 32.2. The minimum absolute atomic E-state index is 0.104. The second-order valence-electron chi connectivity index (χ2n) is 10.3. The molecule has 218 valence electrons. The van der Waals surface area contributed by atoms with E-state index in [1.807, 2.05) is 32.3 Å². The molecule has 0 saturated carbocycles. The van der Waals surface area contributed by atoms with Crippen molar-refractivity contribution in [2.75, 3.05) is 58.1 Å². The fraction of sp³-hybridized carbons (Fsp3) is 0.333. The number of ether oxygens (including phenoxy) is 1. The van der Waals surface area contributed by atoms with E-state index >= 15 is 0 Å². The van der Waals surface area contributed by atoms with Crippen LogP contribution < -0.4 is 15.2 Å². The Morgan fingerprint density at radius 2 is 1.63 bits per heavy atom. The summed E-state index contributed by atoms with van der Waals surface area (Å²) in [6.07, 6.45) is 0.870. The van der Waals surface area contributed by atoms with Gasteiger partial charge in [0.1, 0.15) is 5.75 Å². The van der Waals surface area contributed by atoms with E-state index in [1.54, 1.807) is 41.3 Å². The maximum absolute atomic E-state index is 13.6. The fourth-order valence-electron chi connectivity index (χ4n) is 4.69. The van der Waals surface area contributed by atoms with Crippen molar-refractivity contribution in [2.24, 2.45) is 5.73 Å². The Kier molecular flexibility index (Phi) is 9.98. The number of benzene rings is 3. The molecule has 0 unspecified atom stereocenters. The lowest BCUT2D eigenvalue weighted by molar-refractivity contribution is -0.132. The standard InChI is InChI=1S/C30H37N5O5S/c1-33(2)15-8-16-34-17-19-35(20-18-34)29(36)22-24-21-23(30(31)37)13-14-28(24)41(38,39)32-26-11-6-7-12-27(26)40-25-9-4-3-5-10-25/h3-7,9-14,21,32H,8,15-20,22H2,1-2H3,(H2,31,37). The van der Waals surface area contributed by atoms with Gasteiger partial charge in [-0.25, -0.2) is 8.42 Å². The molecule has 0 radical (unpaired) electrons. The Labute approximate surface area is 241 Å². The molecular formula is C30H37N5O5S. The highest BCUT2D eigenvalue weighted by molar-refractivity contribution is 7.92. The van der Waals surface area contributed by atoms with Gasteiger partial charge < -0.3 is 20.3 Å². The highest BCUT2D eigenvalue weighted by Crippen LogP contribution is 2.32. The predicted octanol–water partition coefficient (Wildman–Crippen LogP) is 3.02. The van der Waals surface area contributed by atoms with Gasteiger partial charge in [0, 0.05) is 31.7 Å². The van der Waals surface area contributed by atoms with Crippen LogP contribution in [0.5, 0.6) is 11.5 Å². The second-order valence-corrected chi connectivity index (χ2v) is 11.9. The number of piperazine rings is 1. The van der Waals surface area contributed by atoms with Crippen LogP contribution in [0.2, 0.25) is 0 Å². The number of nitrogens with zero attached hydrogens (tertiary/aromatic N) is 3. The van der Waals surface area contributed by atoms with Crippen LogP contribution in [0.15, 0.2) is 77.7 Å². The molecule has 41 heavy (non-hydrogen) atoms. The van der Waals surface area contributed by atoms with Crippen molar-refractivity contribution < 1.29 is 22.7 Å². The molecule has 1 aliphatic rings. The lowest BCUT2D eigenvalue weighted by atomic mass is 10.1. The van der Waals surface area contributed by atoms with Crippen LogP contribution in [0.3, 0.4) is 0 Å². The topological polar surface area (TPSA) is 125 Å². The molecule has 0 spiro atoms. The van der Waals surface area contributed by atoms with Crippen molar-refractivity contribution in [3.8, 4) is 11.5 Å².